The van der Waals surface area contributed by atoms with Gasteiger partial charge in [-0.05, 0) is 42.9 Å². The quantitative estimate of drug-likeness (QED) is 0.673. The molecule has 24 heavy (non-hydrogen) atoms. The number of aryl methyl sites for hydroxylation is 1. The molecule has 0 fully saturated rings. The van der Waals surface area contributed by atoms with E-state index in [0.717, 1.165) is 19.3 Å². The van der Waals surface area contributed by atoms with Crippen molar-refractivity contribution >= 4 is 23.4 Å². The van der Waals surface area contributed by atoms with E-state index in [9.17, 15) is 9.59 Å². The van der Waals surface area contributed by atoms with Gasteiger partial charge in [0.1, 0.15) is 5.52 Å². The second-order valence-corrected chi connectivity index (χ2v) is 6.75. The predicted octanol–water partition coefficient (Wildman–Crippen LogP) is 3.08. The molecule has 0 amide bonds. The van der Waals surface area contributed by atoms with E-state index in [2.05, 4.69) is 11.9 Å². The third-order valence-corrected chi connectivity index (χ3v) is 5.07. The number of nitrogens with zero attached hydrogens (tertiary/aromatic N) is 3. The van der Waals surface area contributed by atoms with Crippen molar-refractivity contribution in [1.29, 1.82) is 0 Å². The Morgan fingerprint density at radius 1 is 1.38 bits per heavy atom. The first kappa shape index (κ1) is 15.1. The van der Waals surface area contributed by atoms with Gasteiger partial charge in [-0.1, -0.05) is 18.5 Å². The molecule has 0 N–H and O–H groups in total. The molecule has 0 saturated heterocycles. The van der Waals surface area contributed by atoms with Crippen molar-refractivity contribution in [3.8, 4) is 5.82 Å². The van der Waals surface area contributed by atoms with Gasteiger partial charge in [-0.2, -0.15) is 0 Å². The highest BCUT2D eigenvalue weighted by atomic mass is 35.5. The molecule has 1 atom stereocenters. The van der Waals surface area contributed by atoms with Gasteiger partial charge in [-0.3, -0.25) is 14.2 Å². The lowest BCUT2D eigenvalue weighted by molar-refractivity contribution is 0.112. The Kier molecular flexibility index (Phi) is 3.53. The summed E-state index contributed by atoms with van der Waals surface area (Å²) in [5, 5.41) is 0.283. The number of aromatic nitrogens is 3. The fourth-order valence-electron chi connectivity index (χ4n) is 3.46. The summed E-state index contributed by atoms with van der Waals surface area (Å²) in [5.74, 6) is 0.881. The van der Waals surface area contributed by atoms with Gasteiger partial charge in [0.15, 0.2) is 12.1 Å². The number of aldehydes is 1. The van der Waals surface area contributed by atoms with E-state index in [-0.39, 0.29) is 22.0 Å². The number of hydrogen-bond acceptors (Lipinski definition) is 3. The molecule has 3 heterocycles. The molecule has 6 heteroatoms. The highest BCUT2D eigenvalue weighted by Crippen LogP contribution is 2.27. The molecule has 0 aliphatic heterocycles. The van der Waals surface area contributed by atoms with Crippen LogP contribution in [0.3, 0.4) is 0 Å². The third kappa shape index (κ3) is 2.19. The molecule has 0 bridgehead atoms. The first-order chi connectivity index (χ1) is 11.6. The molecule has 5 nitrogen and oxygen atoms in total. The van der Waals surface area contributed by atoms with Crippen molar-refractivity contribution in [2.75, 3.05) is 0 Å². The summed E-state index contributed by atoms with van der Waals surface area (Å²) in [6.07, 6.45) is 8.75. The van der Waals surface area contributed by atoms with Crippen molar-refractivity contribution in [2.24, 2.45) is 5.92 Å². The van der Waals surface area contributed by atoms with E-state index in [4.69, 9.17) is 11.6 Å². The second kappa shape index (κ2) is 5.60. The maximum atomic E-state index is 13.0. The molecule has 1 aliphatic rings. The van der Waals surface area contributed by atoms with Crippen LogP contribution in [0.15, 0.2) is 35.5 Å². The Morgan fingerprint density at radius 3 is 3.00 bits per heavy atom. The Bertz CT molecular complexity index is 1020. The number of carbonyl (C=O) groups excluding carboxylic acids is 1. The third-order valence-electron chi connectivity index (χ3n) is 4.74. The van der Waals surface area contributed by atoms with Crippen molar-refractivity contribution in [2.45, 2.75) is 26.2 Å². The van der Waals surface area contributed by atoms with Crippen LogP contribution in [0.1, 0.15) is 35.0 Å². The first-order valence-electron chi connectivity index (χ1n) is 7.94. The first-order valence-corrected chi connectivity index (χ1v) is 8.32. The molecule has 122 valence electrons. The van der Waals surface area contributed by atoms with Crippen LogP contribution >= 0.6 is 11.6 Å². The van der Waals surface area contributed by atoms with Gasteiger partial charge in [-0.15, -0.1) is 0 Å². The normalized spacial score (nSPS) is 17.0. The van der Waals surface area contributed by atoms with Crippen LogP contribution in [-0.2, 0) is 12.8 Å². The SMILES string of the molecule is CC1CCc2cc3c(=O)n(-c4nccc(Cl)c4C=O)ccn3c2C1. The van der Waals surface area contributed by atoms with Crippen molar-refractivity contribution in [3.05, 3.63) is 62.9 Å². The average Bonchev–Trinajstić information content (AvgIpc) is 2.94. The molecular formula is C18H16ClN3O2. The monoisotopic (exact) mass is 341 g/mol. The number of hydrogen-bond donors (Lipinski definition) is 0. The molecule has 0 spiro atoms. The average molecular weight is 342 g/mol. The molecule has 1 aliphatic carbocycles. The summed E-state index contributed by atoms with van der Waals surface area (Å²) in [6.45, 7) is 2.23. The summed E-state index contributed by atoms with van der Waals surface area (Å²) in [5.41, 5.74) is 3.07. The highest BCUT2D eigenvalue weighted by Gasteiger charge is 2.21. The van der Waals surface area contributed by atoms with Crippen LogP contribution in [0.4, 0.5) is 0 Å². The molecule has 1 unspecified atom stereocenters. The van der Waals surface area contributed by atoms with Crippen molar-refractivity contribution in [1.82, 2.24) is 14.0 Å². The second-order valence-electron chi connectivity index (χ2n) is 6.34. The van der Waals surface area contributed by atoms with Crippen LogP contribution in [0.2, 0.25) is 5.02 Å². The van der Waals surface area contributed by atoms with Gasteiger partial charge in [-0.25, -0.2) is 4.98 Å². The molecule has 3 aromatic rings. The maximum Gasteiger partial charge on any atom is 0.280 e. The minimum absolute atomic E-state index is 0.197. The standard InChI is InChI=1S/C18H16ClN3O2/c1-11-2-3-12-9-16-18(24)22(7-6-21(16)15(12)8-11)17-13(10-23)14(19)4-5-20-17/h4-7,9-11H,2-3,8H2,1H3. The molecular weight excluding hydrogens is 326 g/mol. The summed E-state index contributed by atoms with van der Waals surface area (Å²) >= 11 is 6.06. The molecule has 3 aromatic heterocycles. The lowest BCUT2D eigenvalue weighted by Crippen LogP contribution is -2.22. The molecule has 0 aromatic carbocycles. The highest BCUT2D eigenvalue weighted by molar-refractivity contribution is 6.33. The zero-order valence-corrected chi connectivity index (χ0v) is 14.0. The zero-order chi connectivity index (χ0) is 16.8. The topological polar surface area (TPSA) is 56.4 Å². The van der Waals surface area contributed by atoms with Crippen LogP contribution < -0.4 is 5.56 Å². The van der Waals surface area contributed by atoms with E-state index >= 15 is 0 Å². The molecule has 0 radical (unpaired) electrons. The summed E-state index contributed by atoms with van der Waals surface area (Å²) in [6, 6.07) is 3.50. The predicted molar refractivity (Wildman–Crippen MR) is 92.4 cm³/mol. The Hall–Kier alpha value is -2.40. The van der Waals surface area contributed by atoms with E-state index < -0.39 is 0 Å². The van der Waals surface area contributed by atoms with Crippen LogP contribution in [0, 0.1) is 5.92 Å². The number of carbonyl (C=O) groups is 1. The summed E-state index contributed by atoms with van der Waals surface area (Å²) in [4.78, 5) is 28.5. The lowest BCUT2D eigenvalue weighted by Gasteiger charge is -2.18. The summed E-state index contributed by atoms with van der Waals surface area (Å²) in [7, 11) is 0. The van der Waals surface area contributed by atoms with E-state index in [1.54, 1.807) is 6.20 Å². The van der Waals surface area contributed by atoms with Crippen LogP contribution in [0.5, 0.6) is 0 Å². The van der Waals surface area contributed by atoms with E-state index in [0.29, 0.717) is 17.7 Å². The van der Waals surface area contributed by atoms with E-state index in [1.807, 2.05) is 16.7 Å². The lowest BCUT2D eigenvalue weighted by atomic mass is 9.89. The van der Waals surface area contributed by atoms with Gasteiger partial charge < -0.3 is 4.40 Å². The Balaban J connectivity index is 1.97. The maximum absolute atomic E-state index is 13.0. The largest absolute Gasteiger partial charge is 0.314 e. The Labute approximate surface area is 143 Å². The molecule has 0 saturated carbocycles. The van der Waals surface area contributed by atoms with Crippen LogP contribution in [0.25, 0.3) is 11.3 Å². The number of halogens is 1. The Morgan fingerprint density at radius 2 is 2.21 bits per heavy atom. The number of pyridine rings is 1. The molecule has 4 rings (SSSR count). The van der Waals surface area contributed by atoms with Crippen molar-refractivity contribution < 1.29 is 4.79 Å². The van der Waals surface area contributed by atoms with E-state index in [1.165, 1.54) is 28.1 Å². The minimum Gasteiger partial charge on any atom is -0.314 e. The fraction of sp³-hybridized carbons (Fsp3) is 0.278. The van der Waals surface area contributed by atoms with Gasteiger partial charge >= 0.3 is 0 Å². The number of rotatable bonds is 2. The van der Waals surface area contributed by atoms with Gasteiger partial charge in [0.2, 0.25) is 0 Å². The van der Waals surface area contributed by atoms with Crippen LogP contribution in [-0.4, -0.2) is 20.2 Å². The smallest absolute Gasteiger partial charge is 0.280 e. The fourth-order valence-corrected chi connectivity index (χ4v) is 3.65. The number of fused-ring (bicyclic) bond motifs is 3. The van der Waals surface area contributed by atoms with Crippen molar-refractivity contribution in [3.63, 3.8) is 0 Å². The summed E-state index contributed by atoms with van der Waals surface area (Å²) < 4.78 is 3.36. The van der Waals surface area contributed by atoms with Gasteiger partial charge in [0.05, 0.1) is 10.6 Å². The van der Waals surface area contributed by atoms with Gasteiger partial charge in [0, 0.05) is 24.3 Å². The minimum atomic E-state index is -0.197. The van der Waals surface area contributed by atoms with Gasteiger partial charge in [0.25, 0.3) is 5.56 Å². The zero-order valence-electron chi connectivity index (χ0n) is 13.2.